The number of aliphatic carboxylic acids is 1. The molecular formula is C30H26ClF3N2O5. The molecule has 0 radical (unpaired) electrons. The number of hydrogen-bond acceptors (Lipinski definition) is 5. The minimum absolute atomic E-state index is 0.00387. The molecule has 1 N–H and O–H groups in total. The van der Waals surface area contributed by atoms with E-state index < -0.39 is 35.0 Å². The Hall–Kier alpha value is -4.18. The second-order valence-electron chi connectivity index (χ2n) is 9.46. The molecule has 0 aliphatic carbocycles. The lowest BCUT2D eigenvalue weighted by molar-refractivity contribution is -0.142. The Kier molecular flexibility index (Phi) is 9.12. The maximum absolute atomic E-state index is 13.1. The summed E-state index contributed by atoms with van der Waals surface area (Å²) in [6.07, 6.45) is -4.70. The highest BCUT2D eigenvalue weighted by Gasteiger charge is 2.31. The predicted molar refractivity (Wildman–Crippen MR) is 147 cm³/mol. The van der Waals surface area contributed by atoms with E-state index in [1.165, 1.54) is 4.57 Å². The molecule has 0 amide bonds. The Morgan fingerprint density at radius 3 is 2.44 bits per heavy atom. The van der Waals surface area contributed by atoms with Crippen molar-refractivity contribution < 1.29 is 32.6 Å². The van der Waals surface area contributed by atoms with Crippen molar-refractivity contribution in [1.82, 2.24) is 9.55 Å². The maximum Gasteiger partial charge on any atom is 0.416 e. The second kappa shape index (κ2) is 12.6. The van der Waals surface area contributed by atoms with Crippen molar-refractivity contribution in [2.75, 3.05) is 0 Å². The first kappa shape index (κ1) is 29.8. The van der Waals surface area contributed by atoms with Gasteiger partial charge in [0.2, 0.25) is 0 Å². The lowest BCUT2D eigenvalue weighted by Gasteiger charge is -2.16. The van der Waals surface area contributed by atoms with Crippen LogP contribution >= 0.6 is 11.6 Å². The average molecular weight is 587 g/mol. The summed E-state index contributed by atoms with van der Waals surface area (Å²) in [5.41, 5.74) is -0.375. The van der Waals surface area contributed by atoms with E-state index in [9.17, 15) is 32.7 Å². The van der Waals surface area contributed by atoms with Gasteiger partial charge in [-0.3, -0.25) is 19.0 Å². The molecular weight excluding hydrogens is 561 g/mol. The second-order valence-corrected chi connectivity index (χ2v) is 9.90. The highest BCUT2D eigenvalue weighted by Crippen LogP contribution is 2.30. The van der Waals surface area contributed by atoms with Crippen LogP contribution in [0.25, 0.3) is 10.9 Å². The van der Waals surface area contributed by atoms with Crippen LogP contribution in [0.1, 0.15) is 47.1 Å². The van der Waals surface area contributed by atoms with Crippen molar-refractivity contribution in [3.05, 3.63) is 105 Å². The van der Waals surface area contributed by atoms with E-state index in [2.05, 4.69) is 4.98 Å². The van der Waals surface area contributed by atoms with Gasteiger partial charge in [-0.2, -0.15) is 13.2 Å². The molecule has 4 rings (SSSR count). The fraction of sp³-hybridized carbons (Fsp3) is 0.267. The molecule has 0 aliphatic heterocycles. The van der Waals surface area contributed by atoms with Crippen molar-refractivity contribution in [2.45, 2.75) is 45.5 Å². The van der Waals surface area contributed by atoms with Gasteiger partial charge in [-0.15, -0.1) is 0 Å². The Labute approximate surface area is 238 Å². The smallest absolute Gasteiger partial charge is 0.416 e. The number of rotatable bonds is 11. The number of hydrogen-bond donors (Lipinski definition) is 1. The number of benzene rings is 3. The van der Waals surface area contributed by atoms with Gasteiger partial charge in [0.15, 0.2) is 5.78 Å². The molecule has 3 aromatic carbocycles. The fourth-order valence-corrected chi connectivity index (χ4v) is 4.63. The minimum atomic E-state index is -4.58. The van der Waals surface area contributed by atoms with Crippen LogP contribution in [0, 0.1) is 5.92 Å². The number of carbonyl (C=O) groups is 2. The Balaban J connectivity index is 1.44. The fourth-order valence-electron chi connectivity index (χ4n) is 4.41. The SMILES string of the molecule is CCc1nc2cc(C(F)(F)F)ccc2c(=O)n1CCC(CC(=O)c1ccc(OCc2cccc(Cl)c2)cc1)C(=O)O. The number of Topliss-reactive ketones (excluding diaryl/α,β-unsaturated/α-hetero) is 1. The van der Waals surface area contributed by atoms with E-state index in [1.54, 1.807) is 43.3 Å². The molecule has 1 aromatic heterocycles. The number of aromatic nitrogens is 2. The van der Waals surface area contributed by atoms with Gasteiger partial charge >= 0.3 is 12.1 Å². The van der Waals surface area contributed by atoms with E-state index >= 15 is 0 Å². The molecule has 0 saturated carbocycles. The number of nitrogens with zero attached hydrogens (tertiary/aromatic N) is 2. The zero-order valence-electron chi connectivity index (χ0n) is 22.0. The van der Waals surface area contributed by atoms with Gasteiger partial charge in [-0.25, -0.2) is 4.98 Å². The summed E-state index contributed by atoms with van der Waals surface area (Å²) in [6.45, 7) is 1.91. The number of fused-ring (bicyclic) bond motifs is 1. The van der Waals surface area contributed by atoms with Crippen molar-refractivity contribution in [3.63, 3.8) is 0 Å². The standard InChI is InChI=1S/C30H26ClF3N2O5/c1-2-27-35-25-16-21(30(32,33)34)8-11-24(25)28(38)36(27)13-12-20(29(39)40)15-26(37)19-6-9-23(10-7-19)41-17-18-4-3-5-22(31)14-18/h3-11,14,16,20H,2,12-13,15,17H2,1H3,(H,39,40). The molecule has 214 valence electrons. The zero-order chi connectivity index (χ0) is 29.7. The predicted octanol–water partition coefficient (Wildman–Crippen LogP) is 6.57. The molecule has 0 fully saturated rings. The van der Waals surface area contributed by atoms with Gasteiger partial charge in [0.1, 0.15) is 18.2 Å². The highest BCUT2D eigenvalue weighted by atomic mass is 35.5. The van der Waals surface area contributed by atoms with E-state index in [0.29, 0.717) is 16.3 Å². The Morgan fingerprint density at radius 2 is 1.80 bits per heavy atom. The van der Waals surface area contributed by atoms with Gasteiger partial charge in [0.05, 0.1) is 22.4 Å². The monoisotopic (exact) mass is 586 g/mol. The molecule has 1 atom stereocenters. The molecule has 0 bridgehead atoms. The first-order valence-corrected chi connectivity index (χ1v) is 13.2. The molecule has 4 aromatic rings. The van der Waals surface area contributed by atoms with E-state index in [0.717, 1.165) is 23.8 Å². The Morgan fingerprint density at radius 1 is 1.07 bits per heavy atom. The zero-order valence-corrected chi connectivity index (χ0v) is 22.7. The number of halogens is 4. The van der Waals surface area contributed by atoms with E-state index in [-0.39, 0.29) is 49.1 Å². The van der Waals surface area contributed by atoms with Crippen molar-refractivity contribution in [2.24, 2.45) is 5.92 Å². The third kappa shape index (κ3) is 7.32. The highest BCUT2D eigenvalue weighted by molar-refractivity contribution is 6.30. The molecule has 0 spiro atoms. The van der Waals surface area contributed by atoms with Crippen molar-refractivity contribution in [1.29, 1.82) is 0 Å². The lowest BCUT2D eigenvalue weighted by atomic mass is 9.95. The average Bonchev–Trinajstić information content (AvgIpc) is 2.94. The van der Waals surface area contributed by atoms with Crippen LogP contribution in [0.5, 0.6) is 5.75 Å². The summed E-state index contributed by atoms with van der Waals surface area (Å²) < 4.78 is 46.3. The summed E-state index contributed by atoms with van der Waals surface area (Å²) in [4.78, 5) is 42.2. The van der Waals surface area contributed by atoms with E-state index in [1.807, 2.05) is 12.1 Å². The van der Waals surface area contributed by atoms with Crippen LogP contribution in [-0.4, -0.2) is 26.4 Å². The topological polar surface area (TPSA) is 98.5 Å². The molecule has 1 unspecified atom stereocenters. The summed E-state index contributed by atoms with van der Waals surface area (Å²) in [6, 6.07) is 16.3. The first-order chi connectivity index (χ1) is 19.5. The normalized spacial score (nSPS) is 12.3. The minimum Gasteiger partial charge on any atom is -0.489 e. The third-order valence-electron chi connectivity index (χ3n) is 6.63. The number of carboxylic acids is 1. The van der Waals surface area contributed by atoms with Crippen LogP contribution in [0.2, 0.25) is 5.02 Å². The largest absolute Gasteiger partial charge is 0.489 e. The summed E-state index contributed by atoms with van der Waals surface area (Å²) in [5, 5.41) is 10.4. The molecule has 0 aliphatic rings. The Bertz CT molecular complexity index is 1630. The quantitative estimate of drug-likeness (QED) is 0.200. The van der Waals surface area contributed by atoms with Crippen LogP contribution in [0.15, 0.2) is 71.5 Å². The van der Waals surface area contributed by atoms with Gasteiger partial charge in [-0.05, 0) is 66.6 Å². The first-order valence-electron chi connectivity index (χ1n) is 12.8. The van der Waals surface area contributed by atoms with Crippen LogP contribution in [-0.2, 0) is 30.5 Å². The van der Waals surface area contributed by atoms with Crippen LogP contribution in [0.4, 0.5) is 13.2 Å². The number of carboxylic acid groups (broad SMARTS) is 1. The number of ketones is 1. The van der Waals surface area contributed by atoms with Crippen molar-refractivity contribution >= 4 is 34.3 Å². The number of aryl methyl sites for hydroxylation is 1. The van der Waals surface area contributed by atoms with Crippen LogP contribution in [0.3, 0.4) is 0 Å². The van der Waals surface area contributed by atoms with Crippen LogP contribution < -0.4 is 10.3 Å². The lowest BCUT2D eigenvalue weighted by Crippen LogP contribution is -2.28. The maximum atomic E-state index is 13.1. The van der Waals surface area contributed by atoms with Crippen molar-refractivity contribution in [3.8, 4) is 5.75 Å². The summed E-state index contributed by atoms with van der Waals surface area (Å²) in [7, 11) is 0. The van der Waals surface area contributed by atoms with E-state index in [4.69, 9.17) is 16.3 Å². The van der Waals surface area contributed by atoms with Gasteiger partial charge < -0.3 is 9.84 Å². The molecule has 11 heteroatoms. The number of ether oxygens (including phenoxy) is 1. The molecule has 1 heterocycles. The number of carbonyl (C=O) groups excluding carboxylic acids is 1. The number of alkyl halides is 3. The molecule has 7 nitrogen and oxygen atoms in total. The van der Waals surface area contributed by atoms with Gasteiger partial charge in [0, 0.05) is 30.0 Å². The molecule has 41 heavy (non-hydrogen) atoms. The van der Waals surface area contributed by atoms with Gasteiger partial charge in [-0.1, -0.05) is 30.7 Å². The van der Waals surface area contributed by atoms with Gasteiger partial charge in [0.25, 0.3) is 5.56 Å². The third-order valence-corrected chi connectivity index (χ3v) is 6.87. The summed E-state index contributed by atoms with van der Waals surface area (Å²) in [5.74, 6) is -1.94. The molecule has 0 saturated heterocycles. The summed E-state index contributed by atoms with van der Waals surface area (Å²) >= 11 is 5.98.